The summed E-state index contributed by atoms with van der Waals surface area (Å²) in [5.41, 5.74) is 0.427. The highest BCUT2D eigenvalue weighted by atomic mass is 16.6. The lowest BCUT2D eigenvalue weighted by molar-refractivity contribution is -0.386. The van der Waals surface area contributed by atoms with Crippen LogP contribution in [0.1, 0.15) is 15.9 Å². The third-order valence-corrected chi connectivity index (χ3v) is 2.61. The Hall–Kier alpha value is -2.96. The van der Waals surface area contributed by atoms with Gasteiger partial charge in [-0.25, -0.2) is 4.79 Å². The first-order valence-electron chi connectivity index (χ1n) is 5.59. The fraction of sp³-hybridized carbons (Fsp3) is 0.0769. The summed E-state index contributed by atoms with van der Waals surface area (Å²) in [4.78, 5) is 24.8. The van der Waals surface area contributed by atoms with Gasteiger partial charge in [0.15, 0.2) is 0 Å². The number of aryl methyl sites for hydroxylation is 1. The second-order valence-corrected chi connectivity index (χ2v) is 3.99. The molecule has 0 saturated heterocycles. The number of ether oxygens (including phenoxy) is 1. The quantitative estimate of drug-likeness (QED) is 0.679. The van der Waals surface area contributed by atoms with E-state index < -0.39 is 10.9 Å². The zero-order valence-corrected chi connectivity index (χ0v) is 10.4. The first-order valence-corrected chi connectivity index (χ1v) is 5.59. The smallest absolute Gasteiger partial charge is 0.335 e. The van der Waals surface area contributed by atoms with Crippen LogP contribution >= 0.6 is 0 Å². The number of hydrogen-bond acceptors (Lipinski definition) is 5. The molecule has 0 aliphatic carbocycles. The molecule has 0 saturated carbocycles. The van der Waals surface area contributed by atoms with Gasteiger partial charge in [-0.15, -0.1) is 0 Å². The molecule has 2 aromatic rings. The summed E-state index contributed by atoms with van der Waals surface area (Å²) < 4.78 is 5.45. The predicted octanol–water partition coefficient (Wildman–Crippen LogP) is 2.79. The average Bonchev–Trinajstić information content (AvgIpc) is 2.41. The number of carboxylic acid groups (broad SMARTS) is 1. The van der Waals surface area contributed by atoms with E-state index in [1.807, 2.05) is 0 Å². The lowest BCUT2D eigenvalue weighted by atomic mass is 10.1. The number of rotatable bonds is 4. The van der Waals surface area contributed by atoms with Crippen LogP contribution in [0.3, 0.4) is 0 Å². The lowest BCUT2D eigenvalue weighted by Crippen LogP contribution is -1.99. The highest BCUT2D eigenvalue weighted by Gasteiger charge is 2.17. The molecule has 0 aliphatic rings. The van der Waals surface area contributed by atoms with Gasteiger partial charge < -0.3 is 9.84 Å². The maximum atomic E-state index is 10.9. The van der Waals surface area contributed by atoms with Gasteiger partial charge >= 0.3 is 11.7 Å². The first kappa shape index (κ1) is 13.5. The molecule has 7 heteroatoms. The van der Waals surface area contributed by atoms with Crippen LogP contribution in [-0.4, -0.2) is 21.0 Å². The third kappa shape index (κ3) is 2.72. The number of aromatic nitrogens is 1. The van der Waals surface area contributed by atoms with Crippen LogP contribution in [0.25, 0.3) is 0 Å². The molecule has 1 aromatic heterocycles. The van der Waals surface area contributed by atoms with Gasteiger partial charge in [-0.3, -0.25) is 15.1 Å². The molecule has 1 N–H and O–H groups in total. The Bertz CT molecular complexity index is 684. The molecular weight excluding hydrogens is 264 g/mol. The Morgan fingerprint density at radius 1 is 1.35 bits per heavy atom. The van der Waals surface area contributed by atoms with Gasteiger partial charge in [0.1, 0.15) is 11.9 Å². The molecule has 0 spiro atoms. The fourth-order valence-corrected chi connectivity index (χ4v) is 1.56. The van der Waals surface area contributed by atoms with Gasteiger partial charge in [0.25, 0.3) is 0 Å². The van der Waals surface area contributed by atoms with Gasteiger partial charge in [0.2, 0.25) is 5.75 Å². The molecule has 0 fully saturated rings. The van der Waals surface area contributed by atoms with Crippen molar-refractivity contribution in [1.82, 2.24) is 4.98 Å². The average molecular weight is 274 g/mol. The van der Waals surface area contributed by atoms with Crippen LogP contribution in [0, 0.1) is 17.0 Å². The normalized spacial score (nSPS) is 10.1. The molecule has 0 bridgehead atoms. The van der Waals surface area contributed by atoms with Crippen LogP contribution in [0.15, 0.2) is 36.7 Å². The Morgan fingerprint density at radius 2 is 2.10 bits per heavy atom. The van der Waals surface area contributed by atoms with Crippen molar-refractivity contribution in [2.45, 2.75) is 6.92 Å². The summed E-state index contributed by atoms with van der Waals surface area (Å²) in [6, 6.07) is 5.68. The van der Waals surface area contributed by atoms with E-state index in [-0.39, 0.29) is 22.7 Å². The Balaban J connectivity index is 2.42. The van der Waals surface area contributed by atoms with Crippen molar-refractivity contribution in [3.05, 3.63) is 57.9 Å². The Morgan fingerprint density at radius 3 is 2.75 bits per heavy atom. The van der Waals surface area contributed by atoms with Gasteiger partial charge in [0.05, 0.1) is 10.5 Å². The summed E-state index contributed by atoms with van der Waals surface area (Å²) >= 11 is 0. The van der Waals surface area contributed by atoms with Crippen molar-refractivity contribution in [1.29, 1.82) is 0 Å². The zero-order chi connectivity index (χ0) is 14.7. The van der Waals surface area contributed by atoms with Crippen LogP contribution in [0.2, 0.25) is 0 Å². The fourth-order valence-electron chi connectivity index (χ4n) is 1.56. The Labute approximate surface area is 113 Å². The van der Waals surface area contributed by atoms with Crippen molar-refractivity contribution >= 4 is 11.7 Å². The minimum Gasteiger partial charge on any atom is -0.478 e. The second kappa shape index (κ2) is 5.35. The third-order valence-electron chi connectivity index (χ3n) is 2.61. The standard InChI is InChI=1S/C13H10N2O5/c1-8-2-3-9(13(16)17)6-12(8)20-11-4-5-14-7-10(11)15(18)19/h2-7H,1H3,(H,16,17). The van der Waals surface area contributed by atoms with Gasteiger partial charge in [-0.2, -0.15) is 0 Å². The maximum absolute atomic E-state index is 10.9. The predicted molar refractivity (Wildman–Crippen MR) is 69.1 cm³/mol. The number of carbonyl (C=O) groups is 1. The summed E-state index contributed by atoms with van der Waals surface area (Å²) in [7, 11) is 0. The second-order valence-electron chi connectivity index (χ2n) is 3.99. The highest BCUT2D eigenvalue weighted by Crippen LogP contribution is 2.32. The SMILES string of the molecule is Cc1ccc(C(=O)O)cc1Oc1ccncc1[N+](=O)[O-]. The van der Waals surface area contributed by atoms with Crippen molar-refractivity contribution in [3.8, 4) is 11.5 Å². The van der Waals surface area contributed by atoms with E-state index >= 15 is 0 Å². The van der Waals surface area contributed by atoms with E-state index in [1.54, 1.807) is 13.0 Å². The van der Waals surface area contributed by atoms with Crippen LogP contribution < -0.4 is 4.74 Å². The molecule has 0 aliphatic heterocycles. The van der Waals surface area contributed by atoms with E-state index in [0.29, 0.717) is 5.56 Å². The number of carboxylic acids is 1. The molecule has 102 valence electrons. The van der Waals surface area contributed by atoms with Crippen molar-refractivity contribution in [2.24, 2.45) is 0 Å². The van der Waals surface area contributed by atoms with Gasteiger partial charge in [-0.1, -0.05) is 6.07 Å². The monoisotopic (exact) mass is 274 g/mol. The molecule has 7 nitrogen and oxygen atoms in total. The van der Waals surface area contributed by atoms with E-state index in [0.717, 1.165) is 6.20 Å². The highest BCUT2D eigenvalue weighted by molar-refractivity contribution is 5.88. The van der Waals surface area contributed by atoms with E-state index in [4.69, 9.17) is 9.84 Å². The van der Waals surface area contributed by atoms with Gasteiger partial charge in [-0.05, 0) is 24.6 Å². The van der Waals surface area contributed by atoms with Crippen LogP contribution in [-0.2, 0) is 0 Å². The van der Waals surface area contributed by atoms with E-state index in [2.05, 4.69) is 4.98 Å². The molecule has 2 rings (SSSR count). The number of benzene rings is 1. The number of aromatic carboxylic acids is 1. The molecule has 0 radical (unpaired) electrons. The molecule has 0 atom stereocenters. The zero-order valence-electron chi connectivity index (χ0n) is 10.4. The number of nitro groups is 1. The van der Waals surface area contributed by atoms with Crippen molar-refractivity contribution in [3.63, 3.8) is 0 Å². The first-order chi connectivity index (χ1) is 9.49. The number of nitrogens with zero attached hydrogens (tertiary/aromatic N) is 2. The van der Waals surface area contributed by atoms with Gasteiger partial charge in [0, 0.05) is 12.3 Å². The summed E-state index contributed by atoms with van der Waals surface area (Å²) in [6.07, 6.45) is 2.43. The number of pyridine rings is 1. The minimum atomic E-state index is -1.10. The molecule has 1 heterocycles. The molecular formula is C13H10N2O5. The summed E-state index contributed by atoms with van der Waals surface area (Å²) in [5.74, 6) is -0.839. The van der Waals surface area contributed by atoms with Crippen molar-refractivity contribution < 1.29 is 19.6 Å². The number of hydrogen-bond donors (Lipinski definition) is 1. The van der Waals surface area contributed by atoms with E-state index in [1.165, 1.54) is 24.4 Å². The summed E-state index contributed by atoms with van der Waals surface area (Å²) in [5, 5.41) is 19.8. The summed E-state index contributed by atoms with van der Waals surface area (Å²) in [6.45, 7) is 1.72. The van der Waals surface area contributed by atoms with Crippen LogP contribution in [0.5, 0.6) is 11.5 Å². The lowest BCUT2D eigenvalue weighted by Gasteiger charge is -2.09. The van der Waals surface area contributed by atoms with E-state index in [9.17, 15) is 14.9 Å². The molecule has 20 heavy (non-hydrogen) atoms. The molecule has 1 aromatic carbocycles. The van der Waals surface area contributed by atoms with Crippen LogP contribution in [0.4, 0.5) is 5.69 Å². The topological polar surface area (TPSA) is 103 Å². The minimum absolute atomic E-state index is 0.00985. The maximum Gasteiger partial charge on any atom is 0.335 e. The largest absolute Gasteiger partial charge is 0.478 e. The Kier molecular flexibility index (Phi) is 3.60. The van der Waals surface area contributed by atoms with Crippen molar-refractivity contribution in [2.75, 3.05) is 0 Å². The molecule has 0 unspecified atom stereocenters. The molecule has 0 amide bonds.